The molecule has 0 aromatic carbocycles. The summed E-state index contributed by atoms with van der Waals surface area (Å²) in [5.41, 5.74) is 0. The predicted octanol–water partition coefficient (Wildman–Crippen LogP) is -2.33. The molecule has 1 aliphatic rings. The average Bonchev–Trinajstić information content (AvgIpc) is 2.80. The summed E-state index contributed by atoms with van der Waals surface area (Å²) in [6.07, 6.45) is -2.36. The van der Waals surface area contributed by atoms with Crippen LogP contribution < -0.4 is 0 Å². The van der Waals surface area contributed by atoms with Crippen molar-refractivity contribution in [3.05, 3.63) is 0 Å². The number of hydrogen-bond acceptors (Lipinski definition) is 5. The van der Waals surface area contributed by atoms with Gasteiger partial charge >= 0.3 is 0 Å². The third-order valence-electron chi connectivity index (χ3n) is 1.56. The second-order valence-corrected chi connectivity index (χ2v) is 2.40. The fourth-order valence-corrected chi connectivity index (χ4v) is 0.869. The first-order valence-electron chi connectivity index (χ1n) is 3.28. The minimum atomic E-state index is -1.02. The smallest absolute Gasteiger partial charge is 0.189 e. The van der Waals surface area contributed by atoms with Gasteiger partial charge in [-0.1, -0.05) is 0 Å². The molecule has 5 nitrogen and oxygen atoms in total. The maximum absolute atomic E-state index is 10.6. The third-order valence-corrected chi connectivity index (χ3v) is 1.56. The standard InChI is InChI=1S/C6H10O5/c7-1-3(9)5-6(11-5)4(10)2-8/h3,5-9H,1-2H2. The Balaban J connectivity index is 2.31. The van der Waals surface area contributed by atoms with E-state index in [2.05, 4.69) is 0 Å². The average molecular weight is 162 g/mol. The highest BCUT2D eigenvalue weighted by Gasteiger charge is 2.48. The van der Waals surface area contributed by atoms with Gasteiger partial charge in [0.1, 0.15) is 24.9 Å². The normalized spacial score (nSPS) is 31.5. The van der Waals surface area contributed by atoms with E-state index in [9.17, 15) is 4.79 Å². The molecule has 0 spiro atoms. The molecule has 5 heteroatoms. The van der Waals surface area contributed by atoms with Gasteiger partial charge in [0, 0.05) is 0 Å². The van der Waals surface area contributed by atoms with Crippen molar-refractivity contribution in [3.8, 4) is 0 Å². The van der Waals surface area contributed by atoms with Gasteiger partial charge in [-0.15, -0.1) is 0 Å². The van der Waals surface area contributed by atoms with E-state index in [4.69, 9.17) is 20.1 Å². The summed E-state index contributed by atoms with van der Waals surface area (Å²) in [7, 11) is 0. The summed E-state index contributed by atoms with van der Waals surface area (Å²) < 4.78 is 4.70. The fourth-order valence-electron chi connectivity index (χ4n) is 0.869. The van der Waals surface area contributed by atoms with Crippen molar-refractivity contribution in [1.29, 1.82) is 0 Å². The van der Waals surface area contributed by atoms with Crippen molar-refractivity contribution in [2.24, 2.45) is 0 Å². The van der Waals surface area contributed by atoms with E-state index in [0.29, 0.717) is 0 Å². The Morgan fingerprint density at radius 3 is 2.64 bits per heavy atom. The molecule has 0 aromatic rings. The predicted molar refractivity (Wildman–Crippen MR) is 33.8 cm³/mol. The van der Waals surface area contributed by atoms with Gasteiger partial charge in [0.15, 0.2) is 5.78 Å². The first-order valence-corrected chi connectivity index (χ1v) is 3.28. The SMILES string of the molecule is O=C(CO)C1OC1C(O)CO. The number of epoxide rings is 1. The fraction of sp³-hybridized carbons (Fsp3) is 0.833. The molecule has 0 amide bonds. The Morgan fingerprint density at radius 2 is 2.18 bits per heavy atom. The quantitative estimate of drug-likeness (QED) is 0.403. The zero-order chi connectivity index (χ0) is 8.43. The van der Waals surface area contributed by atoms with E-state index < -0.39 is 37.3 Å². The van der Waals surface area contributed by atoms with Crippen LogP contribution in [0.2, 0.25) is 0 Å². The number of carbonyl (C=O) groups is 1. The van der Waals surface area contributed by atoms with Crippen LogP contribution in [0.3, 0.4) is 0 Å². The van der Waals surface area contributed by atoms with Crippen LogP contribution in [0.1, 0.15) is 0 Å². The van der Waals surface area contributed by atoms with Gasteiger partial charge < -0.3 is 20.1 Å². The molecule has 0 bridgehead atoms. The van der Waals surface area contributed by atoms with Crippen molar-refractivity contribution in [3.63, 3.8) is 0 Å². The molecule has 1 saturated heterocycles. The number of aliphatic hydroxyl groups is 3. The summed E-state index contributed by atoms with van der Waals surface area (Å²) in [5, 5.41) is 25.7. The molecule has 3 atom stereocenters. The number of carbonyl (C=O) groups excluding carboxylic acids is 1. The Labute approximate surface area is 63.2 Å². The molecule has 3 unspecified atom stereocenters. The molecule has 1 aliphatic heterocycles. The Bertz CT molecular complexity index is 157. The van der Waals surface area contributed by atoms with Crippen LogP contribution in [0.25, 0.3) is 0 Å². The lowest BCUT2D eigenvalue weighted by Crippen LogP contribution is -2.25. The second kappa shape index (κ2) is 3.27. The number of ether oxygens (including phenoxy) is 1. The summed E-state index contributed by atoms with van der Waals surface area (Å²) in [5.74, 6) is -0.456. The zero-order valence-electron chi connectivity index (χ0n) is 5.80. The molecule has 0 aromatic heterocycles. The van der Waals surface area contributed by atoms with Crippen LogP contribution in [-0.2, 0) is 9.53 Å². The maximum atomic E-state index is 10.6. The monoisotopic (exact) mass is 162 g/mol. The second-order valence-electron chi connectivity index (χ2n) is 2.40. The molecule has 3 N–H and O–H groups in total. The summed E-state index contributed by atoms with van der Waals surface area (Å²) >= 11 is 0. The van der Waals surface area contributed by atoms with Crippen LogP contribution in [0, 0.1) is 0 Å². The van der Waals surface area contributed by atoms with Gasteiger partial charge in [-0.25, -0.2) is 0 Å². The number of Topliss-reactive ketones (excluding diaryl/α,β-unsaturated/α-hetero) is 1. The number of aliphatic hydroxyl groups excluding tert-OH is 3. The Kier molecular flexibility index (Phi) is 2.56. The van der Waals surface area contributed by atoms with Crippen molar-refractivity contribution < 1.29 is 24.9 Å². The summed E-state index contributed by atoms with van der Waals surface area (Å²) in [6.45, 7) is -1.01. The van der Waals surface area contributed by atoms with E-state index in [-0.39, 0.29) is 0 Å². The van der Waals surface area contributed by atoms with E-state index in [1.54, 1.807) is 0 Å². The molecule has 11 heavy (non-hydrogen) atoms. The maximum Gasteiger partial charge on any atom is 0.189 e. The summed E-state index contributed by atoms with van der Waals surface area (Å²) in [4.78, 5) is 10.6. The highest BCUT2D eigenvalue weighted by atomic mass is 16.6. The lowest BCUT2D eigenvalue weighted by Gasteiger charge is -1.99. The number of ketones is 1. The topological polar surface area (TPSA) is 90.3 Å². The Morgan fingerprint density at radius 1 is 1.55 bits per heavy atom. The molecule has 0 aliphatic carbocycles. The molecular weight excluding hydrogens is 152 g/mol. The lowest BCUT2D eigenvalue weighted by atomic mass is 10.1. The highest BCUT2D eigenvalue weighted by molar-refractivity contribution is 5.86. The van der Waals surface area contributed by atoms with E-state index >= 15 is 0 Å². The largest absolute Gasteiger partial charge is 0.394 e. The highest BCUT2D eigenvalue weighted by Crippen LogP contribution is 2.25. The first kappa shape index (κ1) is 8.61. The third kappa shape index (κ3) is 1.75. The molecule has 64 valence electrons. The van der Waals surface area contributed by atoms with E-state index in [1.165, 1.54) is 0 Å². The van der Waals surface area contributed by atoms with Crippen molar-refractivity contribution in [2.45, 2.75) is 18.3 Å². The van der Waals surface area contributed by atoms with Crippen LogP contribution in [0.15, 0.2) is 0 Å². The van der Waals surface area contributed by atoms with E-state index in [0.717, 1.165) is 0 Å². The van der Waals surface area contributed by atoms with Crippen molar-refractivity contribution in [1.82, 2.24) is 0 Å². The van der Waals surface area contributed by atoms with Crippen molar-refractivity contribution >= 4 is 5.78 Å². The molecular formula is C6H10O5. The zero-order valence-corrected chi connectivity index (χ0v) is 5.80. The lowest BCUT2D eigenvalue weighted by molar-refractivity contribution is -0.122. The minimum Gasteiger partial charge on any atom is -0.394 e. The van der Waals surface area contributed by atoms with Gasteiger partial charge in [-0.2, -0.15) is 0 Å². The molecule has 1 fully saturated rings. The first-order chi connectivity index (χ1) is 5.20. The number of rotatable bonds is 4. The van der Waals surface area contributed by atoms with Crippen LogP contribution in [0.5, 0.6) is 0 Å². The van der Waals surface area contributed by atoms with E-state index in [1.807, 2.05) is 0 Å². The summed E-state index contributed by atoms with van der Waals surface area (Å²) in [6, 6.07) is 0. The van der Waals surface area contributed by atoms with Crippen LogP contribution >= 0.6 is 0 Å². The molecule has 0 saturated carbocycles. The van der Waals surface area contributed by atoms with Crippen LogP contribution in [0.4, 0.5) is 0 Å². The minimum absolute atomic E-state index is 0.431. The van der Waals surface area contributed by atoms with Gasteiger partial charge in [-0.05, 0) is 0 Å². The molecule has 1 heterocycles. The number of hydrogen-bond donors (Lipinski definition) is 3. The molecule has 1 rings (SSSR count). The molecule has 0 radical (unpaired) electrons. The Hall–Kier alpha value is -0.490. The van der Waals surface area contributed by atoms with Gasteiger partial charge in [-0.3, -0.25) is 4.79 Å². The van der Waals surface area contributed by atoms with Gasteiger partial charge in [0.25, 0.3) is 0 Å². The van der Waals surface area contributed by atoms with Gasteiger partial charge in [0.2, 0.25) is 0 Å². The van der Waals surface area contributed by atoms with Crippen LogP contribution in [-0.4, -0.2) is 52.6 Å². The van der Waals surface area contributed by atoms with Gasteiger partial charge in [0.05, 0.1) is 6.61 Å². The van der Waals surface area contributed by atoms with Crippen molar-refractivity contribution in [2.75, 3.05) is 13.2 Å².